The molecule has 0 aliphatic carbocycles. The maximum atomic E-state index is 12.3. The van der Waals surface area contributed by atoms with Crippen LogP contribution in [0.4, 0.5) is 5.69 Å². The fourth-order valence-electron chi connectivity index (χ4n) is 1.68. The number of anilines is 1. The fourth-order valence-corrected chi connectivity index (χ4v) is 3.15. The molecule has 0 heterocycles. The van der Waals surface area contributed by atoms with Gasteiger partial charge in [0.1, 0.15) is 0 Å². The van der Waals surface area contributed by atoms with Gasteiger partial charge < -0.3 is 0 Å². The molecule has 0 fully saturated rings. The first-order valence-corrected chi connectivity index (χ1v) is 8.23. The Labute approximate surface area is 128 Å². The molecule has 1 N–H and O–H groups in total. The van der Waals surface area contributed by atoms with Crippen LogP contribution in [0, 0.1) is 0 Å². The van der Waals surface area contributed by atoms with Crippen molar-refractivity contribution in [3.8, 4) is 0 Å². The molecule has 0 radical (unpaired) electrons. The van der Waals surface area contributed by atoms with Crippen molar-refractivity contribution in [2.24, 2.45) is 0 Å². The minimum atomic E-state index is -3.67. The van der Waals surface area contributed by atoms with Gasteiger partial charge in [-0.15, -0.1) is 0 Å². The van der Waals surface area contributed by atoms with Crippen molar-refractivity contribution in [3.05, 3.63) is 58.1 Å². The molecule has 2 aromatic rings. The number of sulfonamides is 1. The van der Waals surface area contributed by atoms with Gasteiger partial charge in [-0.25, -0.2) is 8.42 Å². The van der Waals surface area contributed by atoms with E-state index in [1.54, 1.807) is 36.4 Å². The quantitative estimate of drug-likeness (QED) is 0.905. The van der Waals surface area contributed by atoms with Gasteiger partial charge in [0.25, 0.3) is 10.0 Å². The summed E-state index contributed by atoms with van der Waals surface area (Å²) in [4.78, 5) is 0.186. The van der Waals surface area contributed by atoms with Crippen LogP contribution in [0.15, 0.2) is 47.4 Å². The molecule has 0 bridgehead atoms. The lowest BCUT2D eigenvalue weighted by molar-refractivity contribution is 0.601. The van der Waals surface area contributed by atoms with Gasteiger partial charge in [-0.1, -0.05) is 42.3 Å². The van der Waals surface area contributed by atoms with Crippen molar-refractivity contribution in [3.63, 3.8) is 0 Å². The smallest absolute Gasteiger partial charge is 0.261 e. The van der Waals surface area contributed by atoms with Crippen molar-refractivity contribution in [2.45, 2.75) is 18.2 Å². The summed E-state index contributed by atoms with van der Waals surface area (Å²) < 4.78 is 26.9. The van der Waals surface area contributed by atoms with Crippen LogP contribution in [-0.2, 0) is 16.4 Å². The Morgan fingerprint density at radius 1 is 1.05 bits per heavy atom. The lowest BCUT2D eigenvalue weighted by Gasteiger charge is -2.10. The van der Waals surface area contributed by atoms with Gasteiger partial charge in [0.2, 0.25) is 0 Å². The molecule has 0 unspecified atom stereocenters. The number of benzene rings is 2. The second-order valence-electron chi connectivity index (χ2n) is 4.23. The number of nitrogens with one attached hydrogen (secondary N) is 1. The van der Waals surface area contributed by atoms with E-state index in [9.17, 15) is 8.42 Å². The SMILES string of the molecule is CCc1ccc(S(=O)(=O)Nc2cc(Cl)ccc2Cl)cc1. The fraction of sp³-hybridized carbons (Fsp3) is 0.143. The Kier molecular flexibility index (Phi) is 4.58. The van der Waals surface area contributed by atoms with Crippen LogP contribution in [0.3, 0.4) is 0 Å². The zero-order valence-corrected chi connectivity index (χ0v) is 13.1. The molecule has 0 aromatic heterocycles. The Balaban J connectivity index is 2.32. The van der Waals surface area contributed by atoms with Crippen molar-refractivity contribution < 1.29 is 8.42 Å². The molecule has 0 spiro atoms. The van der Waals surface area contributed by atoms with Crippen LogP contribution in [-0.4, -0.2) is 8.42 Å². The van der Waals surface area contributed by atoms with Crippen molar-refractivity contribution in [2.75, 3.05) is 4.72 Å². The van der Waals surface area contributed by atoms with E-state index in [1.165, 1.54) is 6.07 Å². The molecular formula is C14H13Cl2NO2S. The van der Waals surface area contributed by atoms with Crippen LogP contribution in [0.1, 0.15) is 12.5 Å². The second-order valence-corrected chi connectivity index (χ2v) is 6.75. The van der Waals surface area contributed by atoms with E-state index < -0.39 is 10.0 Å². The molecule has 3 nitrogen and oxygen atoms in total. The van der Waals surface area contributed by atoms with Crippen molar-refractivity contribution in [1.29, 1.82) is 0 Å². The lowest BCUT2D eigenvalue weighted by atomic mass is 10.2. The third kappa shape index (κ3) is 3.45. The molecule has 106 valence electrons. The number of hydrogen-bond acceptors (Lipinski definition) is 2. The lowest BCUT2D eigenvalue weighted by Crippen LogP contribution is -2.13. The Morgan fingerprint density at radius 2 is 1.70 bits per heavy atom. The van der Waals surface area contributed by atoms with Gasteiger partial charge in [-0.2, -0.15) is 0 Å². The van der Waals surface area contributed by atoms with Crippen LogP contribution < -0.4 is 4.72 Å². The molecule has 0 saturated carbocycles. The molecule has 0 atom stereocenters. The highest BCUT2D eigenvalue weighted by molar-refractivity contribution is 7.92. The van der Waals surface area contributed by atoms with E-state index >= 15 is 0 Å². The van der Waals surface area contributed by atoms with Gasteiger partial charge in [-0.3, -0.25) is 4.72 Å². The van der Waals surface area contributed by atoms with Gasteiger partial charge in [0, 0.05) is 5.02 Å². The van der Waals surface area contributed by atoms with Crippen LogP contribution in [0.2, 0.25) is 10.0 Å². The first kappa shape index (κ1) is 15.2. The number of hydrogen-bond donors (Lipinski definition) is 1. The van der Waals surface area contributed by atoms with E-state index in [0.29, 0.717) is 10.0 Å². The predicted octanol–water partition coefficient (Wildman–Crippen LogP) is 4.36. The minimum Gasteiger partial charge on any atom is -0.278 e. The van der Waals surface area contributed by atoms with Crippen LogP contribution in [0.5, 0.6) is 0 Å². The molecule has 0 aliphatic rings. The molecule has 2 aromatic carbocycles. The van der Waals surface area contributed by atoms with Crippen LogP contribution >= 0.6 is 23.2 Å². The molecule has 0 amide bonds. The summed E-state index contributed by atoms with van der Waals surface area (Å²) in [5.74, 6) is 0. The summed E-state index contributed by atoms with van der Waals surface area (Å²) in [6, 6.07) is 11.3. The molecule has 0 saturated heterocycles. The van der Waals surface area contributed by atoms with Crippen molar-refractivity contribution >= 4 is 38.9 Å². The standard InChI is InChI=1S/C14H13Cl2NO2S/c1-2-10-3-6-12(7-4-10)20(18,19)17-14-9-11(15)5-8-13(14)16/h3-9,17H,2H2,1H3. The van der Waals surface area contributed by atoms with E-state index in [1.807, 2.05) is 6.92 Å². The summed E-state index contributed by atoms with van der Waals surface area (Å²) in [5.41, 5.74) is 1.34. The van der Waals surface area contributed by atoms with E-state index in [2.05, 4.69) is 4.72 Å². The zero-order chi connectivity index (χ0) is 14.8. The summed E-state index contributed by atoms with van der Waals surface area (Å²) in [6.07, 6.45) is 0.855. The zero-order valence-electron chi connectivity index (χ0n) is 10.7. The highest BCUT2D eigenvalue weighted by Crippen LogP contribution is 2.27. The normalized spacial score (nSPS) is 11.3. The van der Waals surface area contributed by atoms with Crippen LogP contribution in [0.25, 0.3) is 0 Å². The van der Waals surface area contributed by atoms with Gasteiger partial charge in [0.05, 0.1) is 15.6 Å². The molecule has 2 rings (SSSR count). The summed E-state index contributed by atoms with van der Waals surface area (Å²) in [5, 5.41) is 0.705. The Bertz CT molecular complexity index is 712. The molecule has 0 aliphatic heterocycles. The first-order chi connectivity index (χ1) is 9.42. The first-order valence-electron chi connectivity index (χ1n) is 5.99. The molecule has 20 heavy (non-hydrogen) atoms. The molecular weight excluding hydrogens is 317 g/mol. The molecule has 6 heteroatoms. The Morgan fingerprint density at radius 3 is 2.30 bits per heavy atom. The maximum Gasteiger partial charge on any atom is 0.261 e. The van der Waals surface area contributed by atoms with Gasteiger partial charge >= 0.3 is 0 Å². The Hall–Kier alpha value is -1.23. The van der Waals surface area contributed by atoms with Gasteiger partial charge in [0.15, 0.2) is 0 Å². The number of rotatable bonds is 4. The largest absolute Gasteiger partial charge is 0.278 e. The summed E-state index contributed by atoms with van der Waals surface area (Å²) in [7, 11) is -3.67. The highest BCUT2D eigenvalue weighted by atomic mass is 35.5. The third-order valence-electron chi connectivity index (χ3n) is 2.81. The highest BCUT2D eigenvalue weighted by Gasteiger charge is 2.15. The van der Waals surface area contributed by atoms with Crippen molar-refractivity contribution in [1.82, 2.24) is 0 Å². The second kappa shape index (κ2) is 6.04. The summed E-state index contributed by atoms with van der Waals surface area (Å²) in [6.45, 7) is 2.01. The van der Waals surface area contributed by atoms with E-state index in [0.717, 1.165) is 12.0 Å². The number of halogens is 2. The third-order valence-corrected chi connectivity index (χ3v) is 4.76. The minimum absolute atomic E-state index is 0.186. The monoisotopic (exact) mass is 329 g/mol. The summed E-state index contributed by atoms with van der Waals surface area (Å²) >= 11 is 11.8. The average Bonchev–Trinajstić information content (AvgIpc) is 2.43. The van der Waals surface area contributed by atoms with E-state index in [-0.39, 0.29) is 10.6 Å². The van der Waals surface area contributed by atoms with Gasteiger partial charge in [-0.05, 0) is 42.3 Å². The van der Waals surface area contributed by atoms with E-state index in [4.69, 9.17) is 23.2 Å². The maximum absolute atomic E-state index is 12.3. The topological polar surface area (TPSA) is 46.2 Å². The number of aryl methyl sites for hydroxylation is 1. The predicted molar refractivity (Wildman–Crippen MR) is 83.1 cm³/mol. The average molecular weight is 330 g/mol.